The predicted octanol–water partition coefficient (Wildman–Crippen LogP) is 2.64. The van der Waals surface area contributed by atoms with E-state index >= 15 is 0 Å². The van der Waals surface area contributed by atoms with Crippen LogP contribution in [-0.2, 0) is 11.3 Å². The summed E-state index contributed by atoms with van der Waals surface area (Å²) in [5, 5.41) is 2.66. The summed E-state index contributed by atoms with van der Waals surface area (Å²) < 4.78 is 43.8. The number of pyridine rings is 1. The molecule has 0 radical (unpaired) electrons. The van der Waals surface area contributed by atoms with E-state index in [0.29, 0.717) is 0 Å². The number of nitrogens with zero attached hydrogens (tertiary/aromatic N) is 2. The number of carbonyl (C=O) groups excluding carboxylic acids is 1. The summed E-state index contributed by atoms with van der Waals surface area (Å²) in [6.07, 6.45) is -3.21. The average Bonchev–Trinajstić information content (AvgIpc) is 2.43. The number of alkyl halides is 3. The third kappa shape index (κ3) is 4.57. The van der Waals surface area contributed by atoms with Crippen LogP contribution in [0.2, 0.25) is 0 Å². The van der Waals surface area contributed by atoms with Gasteiger partial charge in [-0.05, 0) is 38.0 Å². The molecule has 2 heterocycles. The molecule has 1 aromatic rings. The van der Waals surface area contributed by atoms with Gasteiger partial charge < -0.3 is 15.0 Å². The number of morpholine rings is 1. The maximum atomic E-state index is 12.9. The minimum Gasteiger partial charge on any atom is -0.359 e. The van der Waals surface area contributed by atoms with Crippen molar-refractivity contribution in [3.63, 3.8) is 0 Å². The van der Waals surface area contributed by atoms with E-state index in [1.54, 1.807) is 18.5 Å². The highest BCUT2D eigenvalue weighted by atomic mass is 19.4. The second-order valence-electron chi connectivity index (χ2n) is 6.25. The van der Waals surface area contributed by atoms with Gasteiger partial charge in [0, 0.05) is 18.9 Å². The lowest BCUT2D eigenvalue weighted by Crippen LogP contribution is -2.60. The van der Waals surface area contributed by atoms with Crippen molar-refractivity contribution in [3.8, 4) is 0 Å². The summed E-state index contributed by atoms with van der Waals surface area (Å²) >= 11 is 0. The number of rotatable bonds is 2. The molecule has 1 fully saturated rings. The van der Waals surface area contributed by atoms with Gasteiger partial charge in [0.2, 0.25) is 0 Å². The van der Waals surface area contributed by atoms with Crippen molar-refractivity contribution in [2.45, 2.75) is 45.2 Å². The van der Waals surface area contributed by atoms with Crippen LogP contribution in [0.1, 0.15) is 25.0 Å². The first-order valence-electron chi connectivity index (χ1n) is 7.25. The molecule has 2 amide bonds. The molecule has 0 bridgehead atoms. The summed E-state index contributed by atoms with van der Waals surface area (Å²) in [5.74, 6) is 0. The number of nitrogens with one attached hydrogen (secondary N) is 1. The van der Waals surface area contributed by atoms with Gasteiger partial charge in [-0.25, -0.2) is 4.79 Å². The molecule has 1 saturated heterocycles. The number of aryl methyl sites for hydroxylation is 1. The van der Waals surface area contributed by atoms with Crippen LogP contribution in [-0.4, -0.2) is 46.9 Å². The van der Waals surface area contributed by atoms with Gasteiger partial charge in [-0.1, -0.05) is 0 Å². The van der Waals surface area contributed by atoms with Gasteiger partial charge in [0.15, 0.2) is 6.10 Å². The summed E-state index contributed by atoms with van der Waals surface area (Å²) in [6, 6.07) is 1.23. The molecule has 0 aliphatic carbocycles. The first-order chi connectivity index (χ1) is 10.6. The lowest BCUT2D eigenvalue weighted by molar-refractivity contribution is -0.267. The molecule has 0 aromatic carbocycles. The minimum absolute atomic E-state index is 0.0980. The minimum atomic E-state index is -4.50. The number of hydrogen-bond acceptors (Lipinski definition) is 3. The fraction of sp³-hybridized carbons (Fsp3) is 0.600. The average molecular weight is 331 g/mol. The van der Waals surface area contributed by atoms with Crippen LogP contribution in [0.15, 0.2) is 18.5 Å². The first-order valence-corrected chi connectivity index (χ1v) is 7.25. The third-order valence-corrected chi connectivity index (χ3v) is 3.64. The molecule has 1 aliphatic rings. The van der Waals surface area contributed by atoms with Gasteiger partial charge in [0.1, 0.15) is 0 Å². The zero-order valence-electron chi connectivity index (χ0n) is 13.3. The lowest BCUT2D eigenvalue weighted by Gasteiger charge is -2.43. The highest BCUT2D eigenvalue weighted by Gasteiger charge is 2.49. The van der Waals surface area contributed by atoms with Crippen LogP contribution in [0.25, 0.3) is 0 Å². The Morgan fingerprint density at radius 3 is 2.83 bits per heavy atom. The maximum Gasteiger partial charge on any atom is 0.416 e. The number of urea groups is 1. The summed E-state index contributed by atoms with van der Waals surface area (Å²) in [7, 11) is 0. The molecular formula is C15H20F3N3O2. The molecule has 1 N–H and O–H groups in total. The lowest BCUT2D eigenvalue weighted by atomic mass is 10.1. The van der Waals surface area contributed by atoms with Crippen LogP contribution in [0.4, 0.5) is 18.0 Å². The fourth-order valence-corrected chi connectivity index (χ4v) is 2.49. The number of amides is 2. The number of hydrogen-bond donors (Lipinski definition) is 1. The molecule has 5 nitrogen and oxygen atoms in total. The Morgan fingerprint density at radius 2 is 2.22 bits per heavy atom. The van der Waals surface area contributed by atoms with E-state index in [1.807, 2.05) is 6.92 Å². The molecule has 23 heavy (non-hydrogen) atoms. The van der Waals surface area contributed by atoms with E-state index in [0.717, 1.165) is 16.0 Å². The monoisotopic (exact) mass is 331 g/mol. The van der Waals surface area contributed by atoms with Crippen molar-refractivity contribution in [1.29, 1.82) is 0 Å². The van der Waals surface area contributed by atoms with E-state index in [9.17, 15) is 18.0 Å². The van der Waals surface area contributed by atoms with E-state index in [2.05, 4.69) is 10.3 Å². The highest BCUT2D eigenvalue weighted by Crippen LogP contribution is 2.31. The molecule has 0 unspecified atom stereocenters. The van der Waals surface area contributed by atoms with Crippen LogP contribution in [0.3, 0.4) is 0 Å². The Labute approximate surface area is 132 Å². The van der Waals surface area contributed by atoms with E-state index in [-0.39, 0.29) is 13.1 Å². The van der Waals surface area contributed by atoms with Crippen LogP contribution in [0.5, 0.6) is 0 Å². The molecule has 2 rings (SSSR count). The van der Waals surface area contributed by atoms with Crippen LogP contribution < -0.4 is 5.32 Å². The second-order valence-corrected chi connectivity index (χ2v) is 6.25. The molecule has 1 aliphatic heterocycles. The highest BCUT2D eigenvalue weighted by molar-refractivity contribution is 5.74. The Morgan fingerprint density at radius 1 is 1.52 bits per heavy atom. The summed E-state index contributed by atoms with van der Waals surface area (Å²) in [6.45, 7) is 4.76. The van der Waals surface area contributed by atoms with Crippen molar-refractivity contribution >= 4 is 6.03 Å². The Kier molecular flexibility index (Phi) is 4.84. The van der Waals surface area contributed by atoms with Gasteiger partial charge in [-0.15, -0.1) is 0 Å². The van der Waals surface area contributed by atoms with Crippen LogP contribution >= 0.6 is 0 Å². The zero-order chi connectivity index (χ0) is 17.3. The Hall–Kier alpha value is -1.83. The molecule has 1 aromatic heterocycles. The first kappa shape index (κ1) is 17.5. The fourth-order valence-electron chi connectivity index (χ4n) is 2.49. The predicted molar refractivity (Wildman–Crippen MR) is 77.8 cm³/mol. The molecule has 1 atom stereocenters. The van der Waals surface area contributed by atoms with Crippen molar-refractivity contribution in [3.05, 3.63) is 29.6 Å². The molecule has 8 heteroatoms. The van der Waals surface area contributed by atoms with Gasteiger partial charge in [0.05, 0.1) is 18.7 Å². The van der Waals surface area contributed by atoms with Gasteiger partial charge in [-0.2, -0.15) is 13.2 Å². The van der Waals surface area contributed by atoms with Crippen molar-refractivity contribution in [1.82, 2.24) is 15.2 Å². The number of aromatic nitrogens is 1. The maximum absolute atomic E-state index is 12.9. The van der Waals surface area contributed by atoms with E-state index in [4.69, 9.17) is 4.74 Å². The Bertz CT molecular complexity index is 575. The Balaban J connectivity index is 2.02. The van der Waals surface area contributed by atoms with Gasteiger partial charge in [-0.3, -0.25) is 4.98 Å². The SMILES string of the molecule is Cc1cnccc1CNC(=O)N1C[C@H](C(F)(F)F)OC(C)(C)C1. The quantitative estimate of drug-likeness (QED) is 0.906. The van der Waals surface area contributed by atoms with E-state index < -0.39 is 30.5 Å². The topological polar surface area (TPSA) is 54.5 Å². The zero-order valence-corrected chi connectivity index (χ0v) is 13.3. The number of carbonyl (C=O) groups is 1. The molecule has 128 valence electrons. The van der Waals surface area contributed by atoms with Gasteiger partial charge >= 0.3 is 12.2 Å². The van der Waals surface area contributed by atoms with Crippen molar-refractivity contribution in [2.24, 2.45) is 0 Å². The van der Waals surface area contributed by atoms with Crippen LogP contribution in [0, 0.1) is 6.92 Å². The number of ether oxygens (including phenoxy) is 1. The van der Waals surface area contributed by atoms with Gasteiger partial charge in [0.25, 0.3) is 0 Å². The molecular weight excluding hydrogens is 311 g/mol. The molecule has 0 spiro atoms. The van der Waals surface area contributed by atoms with Crippen molar-refractivity contribution < 1.29 is 22.7 Å². The van der Waals surface area contributed by atoms with Crippen molar-refractivity contribution in [2.75, 3.05) is 13.1 Å². The smallest absolute Gasteiger partial charge is 0.359 e. The molecule has 0 saturated carbocycles. The standard InChI is InChI=1S/C15H20F3N3O2/c1-10-6-19-5-4-11(10)7-20-13(22)21-8-12(15(16,17)18)23-14(2,3)9-21/h4-6,12H,7-9H2,1-3H3,(H,20,22)/t12-/m1/s1. The third-order valence-electron chi connectivity index (χ3n) is 3.64. The normalized spacial score (nSPS) is 21.1. The summed E-state index contributed by atoms with van der Waals surface area (Å²) in [4.78, 5) is 17.3. The van der Waals surface area contributed by atoms with E-state index in [1.165, 1.54) is 13.8 Å². The number of halogens is 3. The second kappa shape index (κ2) is 6.35. The largest absolute Gasteiger partial charge is 0.416 e. The summed E-state index contributed by atoms with van der Waals surface area (Å²) in [5.41, 5.74) is 0.721.